The number of halogens is 1. The van der Waals surface area contributed by atoms with Gasteiger partial charge in [-0.05, 0) is 59.7 Å². The number of nitrogens with zero attached hydrogens (tertiary/aromatic N) is 4. The number of hydrogen-bond donors (Lipinski definition) is 1. The average molecular weight is 574 g/mol. The lowest BCUT2D eigenvalue weighted by Crippen LogP contribution is -2.42. The second-order valence-electron chi connectivity index (χ2n) is 10.8. The predicted molar refractivity (Wildman–Crippen MR) is 158 cm³/mol. The molecule has 2 aromatic carbocycles. The van der Waals surface area contributed by atoms with Gasteiger partial charge in [0.05, 0.1) is 29.5 Å². The van der Waals surface area contributed by atoms with Gasteiger partial charge in [0.15, 0.2) is 0 Å². The number of amides is 2. The Morgan fingerprint density at radius 2 is 1.85 bits per heavy atom. The van der Waals surface area contributed by atoms with Crippen LogP contribution in [0.25, 0.3) is 5.69 Å². The van der Waals surface area contributed by atoms with Gasteiger partial charge in [0.2, 0.25) is 11.8 Å². The normalized spacial score (nSPS) is 15.3. The quantitative estimate of drug-likeness (QED) is 0.327. The smallest absolute Gasteiger partial charge is 0.240 e. The van der Waals surface area contributed by atoms with Crippen molar-refractivity contribution in [3.8, 4) is 11.4 Å². The van der Waals surface area contributed by atoms with E-state index in [-0.39, 0.29) is 35.2 Å². The Morgan fingerprint density at radius 3 is 2.51 bits per heavy atom. The summed E-state index contributed by atoms with van der Waals surface area (Å²) in [5.41, 5.74) is 3.47. The zero-order valence-corrected chi connectivity index (χ0v) is 24.2. The van der Waals surface area contributed by atoms with Crippen LogP contribution in [0.15, 0.2) is 73.1 Å². The van der Waals surface area contributed by atoms with Crippen molar-refractivity contribution >= 4 is 29.4 Å². The Balaban J connectivity index is 1.65. The number of thioether (sulfide) groups is 1. The molecule has 0 unspecified atom stereocenters. The van der Waals surface area contributed by atoms with Crippen LogP contribution in [0.1, 0.15) is 48.4 Å². The molecule has 0 radical (unpaired) electrons. The van der Waals surface area contributed by atoms with Crippen LogP contribution in [0.2, 0.25) is 0 Å². The van der Waals surface area contributed by atoms with Crippen LogP contribution < -0.4 is 15.0 Å². The summed E-state index contributed by atoms with van der Waals surface area (Å²) >= 11 is 1.41. The fourth-order valence-corrected chi connectivity index (χ4v) is 6.00. The van der Waals surface area contributed by atoms with Crippen molar-refractivity contribution in [3.63, 3.8) is 0 Å². The minimum atomic E-state index is -0.420. The van der Waals surface area contributed by atoms with Crippen molar-refractivity contribution < 1.29 is 18.7 Å². The van der Waals surface area contributed by atoms with E-state index in [9.17, 15) is 14.0 Å². The number of nitrogens with one attached hydrogen (secondary N) is 1. The molecule has 10 heteroatoms. The lowest BCUT2D eigenvalue weighted by Gasteiger charge is -2.24. The predicted octanol–water partition coefficient (Wildman–Crippen LogP) is 5.20. The molecule has 0 bridgehead atoms. The van der Waals surface area contributed by atoms with E-state index in [4.69, 9.17) is 9.84 Å². The van der Waals surface area contributed by atoms with Crippen LogP contribution in [-0.4, -0.2) is 46.0 Å². The molecule has 2 aromatic heterocycles. The van der Waals surface area contributed by atoms with E-state index in [1.807, 2.05) is 42.5 Å². The first-order valence-electron chi connectivity index (χ1n) is 13.3. The minimum Gasteiger partial charge on any atom is -0.497 e. The number of hydrogen-bond acceptors (Lipinski definition) is 6. The van der Waals surface area contributed by atoms with Crippen molar-refractivity contribution in [2.24, 2.45) is 0 Å². The van der Waals surface area contributed by atoms with E-state index >= 15 is 0 Å². The topological polar surface area (TPSA) is 89.3 Å². The standard InChI is InChI=1S/C31H32FN5O3S/c1-31(2,3)29-27-28(21-6-5-7-22(32)16-21)41-19-26(39)36(18-25(38)34-17-20-12-14-33-15-13-20)30(27)37(35-29)23-8-10-24(40-4)11-9-23/h5-16,28H,17-19H2,1-4H3,(H,34,38)/t28-/m1/s1. The number of pyridine rings is 1. The maximum absolute atomic E-state index is 14.4. The first-order chi connectivity index (χ1) is 19.7. The number of carbonyl (C=O) groups is 2. The van der Waals surface area contributed by atoms with Crippen LogP contribution in [0, 0.1) is 5.82 Å². The summed E-state index contributed by atoms with van der Waals surface area (Å²) in [6.07, 6.45) is 3.33. The highest BCUT2D eigenvalue weighted by Crippen LogP contribution is 2.48. The molecule has 0 spiro atoms. The molecule has 5 rings (SSSR count). The first-order valence-corrected chi connectivity index (χ1v) is 14.3. The molecule has 1 aliphatic rings. The Morgan fingerprint density at radius 1 is 1.12 bits per heavy atom. The van der Waals surface area contributed by atoms with Crippen LogP contribution in [0.4, 0.5) is 10.2 Å². The monoisotopic (exact) mass is 573 g/mol. The number of methoxy groups -OCH3 is 1. The number of anilines is 1. The second-order valence-corrected chi connectivity index (χ2v) is 11.9. The molecule has 41 heavy (non-hydrogen) atoms. The summed E-state index contributed by atoms with van der Waals surface area (Å²) in [4.78, 5) is 32.5. The zero-order valence-electron chi connectivity index (χ0n) is 23.4. The van der Waals surface area contributed by atoms with Crippen LogP contribution in [0.3, 0.4) is 0 Å². The van der Waals surface area contributed by atoms with Crippen LogP contribution in [-0.2, 0) is 21.5 Å². The third kappa shape index (κ3) is 6.12. The van der Waals surface area contributed by atoms with E-state index in [0.29, 0.717) is 23.8 Å². The molecule has 212 valence electrons. The molecule has 0 fully saturated rings. The maximum atomic E-state index is 14.4. The minimum absolute atomic E-state index is 0.111. The number of fused-ring (bicyclic) bond motifs is 1. The lowest BCUT2D eigenvalue weighted by atomic mass is 9.87. The van der Waals surface area contributed by atoms with Crippen molar-refractivity contribution in [3.05, 3.63) is 101 Å². The maximum Gasteiger partial charge on any atom is 0.240 e. The largest absolute Gasteiger partial charge is 0.497 e. The van der Waals surface area contributed by atoms with E-state index in [0.717, 1.165) is 22.4 Å². The fraction of sp³-hybridized carbons (Fsp3) is 0.290. The molecule has 0 saturated heterocycles. The van der Waals surface area contributed by atoms with Gasteiger partial charge >= 0.3 is 0 Å². The van der Waals surface area contributed by atoms with Gasteiger partial charge in [0, 0.05) is 29.9 Å². The summed E-state index contributed by atoms with van der Waals surface area (Å²) in [5.74, 6) is 0.398. The van der Waals surface area contributed by atoms with Gasteiger partial charge in [-0.3, -0.25) is 19.5 Å². The Bertz CT molecular complexity index is 1550. The molecule has 1 atom stereocenters. The summed E-state index contributed by atoms with van der Waals surface area (Å²) in [6, 6.07) is 17.5. The third-order valence-electron chi connectivity index (χ3n) is 6.81. The average Bonchev–Trinajstić information content (AvgIpc) is 3.30. The Labute approximate surface area is 242 Å². The fourth-order valence-electron chi connectivity index (χ4n) is 4.81. The van der Waals surface area contributed by atoms with Crippen molar-refractivity contribution in [2.75, 3.05) is 24.3 Å². The summed E-state index contributed by atoms with van der Waals surface area (Å²) in [6.45, 7) is 6.28. The van der Waals surface area contributed by atoms with E-state index in [1.54, 1.807) is 30.3 Å². The van der Waals surface area contributed by atoms with Crippen LogP contribution >= 0.6 is 11.8 Å². The van der Waals surface area contributed by atoms with Crippen LogP contribution in [0.5, 0.6) is 5.75 Å². The molecule has 1 aliphatic heterocycles. The first kappa shape index (κ1) is 28.4. The van der Waals surface area contributed by atoms with Gasteiger partial charge in [-0.15, -0.1) is 11.8 Å². The van der Waals surface area contributed by atoms with Crippen molar-refractivity contribution in [2.45, 2.75) is 38.0 Å². The van der Waals surface area contributed by atoms with E-state index in [2.05, 4.69) is 31.1 Å². The lowest BCUT2D eigenvalue weighted by molar-refractivity contribution is -0.123. The van der Waals surface area contributed by atoms with Crippen molar-refractivity contribution in [1.29, 1.82) is 0 Å². The molecule has 1 N–H and O–H groups in total. The molecule has 4 aromatic rings. The zero-order chi connectivity index (χ0) is 29.1. The van der Waals surface area contributed by atoms with Gasteiger partial charge in [-0.2, -0.15) is 5.10 Å². The van der Waals surface area contributed by atoms with Crippen molar-refractivity contribution in [1.82, 2.24) is 20.1 Å². The number of benzene rings is 2. The molecule has 8 nitrogen and oxygen atoms in total. The SMILES string of the molecule is COc1ccc(-n2nc(C(C)(C)C)c3c2N(CC(=O)NCc2ccncc2)C(=O)CS[C@@H]3c2cccc(F)c2)cc1. The highest BCUT2D eigenvalue weighted by atomic mass is 32.2. The summed E-state index contributed by atoms with van der Waals surface area (Å²) < 4.78 is 21.5. The highest BCUT2D eigenvalue weighted by Gasteiger charge is 2.40. The van der Waals surface area contributed by atoms with Gasteiger partial charge < -0.3 is 10.1 Å². The van der Waals surface area contributed by atoms with Gasteiger partial charge in [-0.25, -0.2) is 9.07 Å². The molecular formula is C31H32FN5O3S. The number of carbonyl (C=O) groups excluding carboxylic acids is 2. The van der Waals surface area contributed by atoms with E-state index < -0.39 is 5.41 Å². The van der Waals surface area contributed by atoms with Gasteiger partial charge in [0.25, 0.3) is 0 Å². The molecule has 0 aliphatic carbocycles. The number of ether oxygens (including phenoxy) is 1. The van der Waals surface area contributed by atoms with Gasteiger partial charge in [0.1, 0.15) is 23.9 Å². The third-order valence-corrected chi connectivity index (χ3v) is 8.06. The molecule has 0 saturated carbocycles. The molecule has 3 heterocycles. The highest BCUT2D eigenvalue weighted by molar-refractivity contribution is 8.00. The second kappa shape index (κ2) is 11.7. The van der Waals surface area contributed by atoms with Gasteiger partial charge in [-0.1, -0.05) is 32.9 Å². The number of rotatable bonds is 7. The van der Waals surface area contributed by atoms with E-state index in [1.165, 1.54) is 28.8 Å². The Hall–Kier alpha value is -4.18. The summed E-state index contributed by atoms with van der Waals surface area (Å²) in [7, 11) is 1.60. The Kier molecular flexibility index (Phi) is 8.12. The molecular weight excluding hydrogens is 541 g/mol. The summed E-state index contributed by atoms with van der Waals surface area (Å²) in [5, 5.41) is 7.59. The number of aromatic nitrogens is 3. The molecule has 2 amide bonds.